The van der Waals surface area contributed by atoms with Crippen LogP contribution in [0.1, 0.15) is 6.92 Å². The minimum atomic E-state index is -3.39. The number of nitrogens with one attached hydrogen (secondary N) is 1. The highest BCUT2D eigenvalue weighted by Crippen LogP contribution is 2.34. The standard InChI is InChI=1S/C33H27N3O4S/c1-3-41(37,38)28-14-15-31(39-2)30(19-28)36-33-35-21-32(40-33)26-12-7-10-23(17-26)22-9-6-11-24(16-22)27-18-25-8-4-5-13-29(25)34-20-27/h4-21H,3H2,1-2H3,(H,35,36). The first kappa shape index (κ1) is 26.3. The van der Waals surface area contributed by atoms with Crippen LogP contribution in [-0.4, -0.2) is 31.2 Å². The number of hydrogen-bond donors (Lipinski definition) is 1. The molecule has 0 spiro atoms. The lowest BCUT2D eigenvalue weighted by Gasteiger charge is -2.11. The van der Waals surface area contributed by atoms with Gasteiger partial charge >= 0.3 is 0 Å². The molecule has 41 heavy (non-hydrogen) atoms. The maximum absolute atomic E-state index is 12.4. The molecule has 204 valence electrons. The monoisotopic (exact) mass is 561 g/mol. The van der Waals surface area contributed by atoms with Gasteiger partial charge in [-0.05, 0) is 59.2 Å². The summed E-state index contributed by atoms with van der Waals surface area (Å²) in [6, 6.07) is 31.5. The Kier molecular flexibility index (Phi) is 6.99. The third-order valence-corrected chi connectivity index (χ3v) is 8.66. The molecule has 0 unspecified atom stereocenters. The van der Waals surface area contributed by atoms with Gasteiger partial charge in [0.1, 0.15) is 5.75 Å². The van der Waals surface area contributed by atoms with E-state index < -0.39 is 9.84 Å². The van der Waals surface area contributed by atoms with Crippen molar-refractivity contribution < 1.29 is 17.6 Å². The van der Waals surface area contributed by atoms with Crippen LogP contribution in [0.15, 0.2) is 119 Å². The van der Waals surface area contributed by atoms with E-state index in [1.807, 2.05) is 42.6 Å². The lowest BCUT2D eigenvalue weighted by Crippen LogP contribution is -2.05. The number of oxazole rings is 1. The van der Waals surface area contributed by atoms with Crippen molar-refractivity contribution in [2.24, 2.45) is 0 Å². The molecular weight excluding hydrogens is 534 g/mol. The summed E-state index contributed by atoms with van der Waals surface area (Å²) in [7, 11) is -1.87. The second-order valence-corrected chi connectivity index (χ2v) is 11.8. The van der Waals surface area contributed by atoms with E-state index in [1.165, 1.54) is 19.2 Å². The lowest BCUT2D eigenvalue weighted by molar-refractivity contribution is 0.416. The zero-order valence-corrected chi connectivity index (χ0v) is 23.4. The summed E-state index contributed by atoms with van der Waals surface area (Å²) < 4.78 is 36.2. The van der Waals surface area contributed by atoms with Crippen molar-refractivity contribution in [2.45, 2.75) is 11.8 Å². The van der Waals surface area contributed by atoms with Crippen LogP contribution in [0.25, 0.3) is 44.5 Å². The van der Waals surface area contributed by atoms with Crippen molar-refractivity contribution in [1.29, 1.82) is 0 Å². The topological polar surface area (TPSA) is 94.3 Å². The Morgan fingerprint density at radius 3 is 2.22 bits per heavy atom. The summed E-state index contributed by atoms with van der Waals surface area (Å²) in [5, 5.41) is 4.16. The fourth-order valence-electron chi connectivity index (χ4n) is 4.68. The minimum absolute atomic E-state index is 0.000311. The summed E-state index contributed by atoms with van der Waals surface area (Å²) in [5.41, 5.74) is 6.51. The van der Waals surface area contributed by atoms with Gasteiger partial charge in [0.15, 0.2) is 15.6 Å². The molecule has 7 nitrogen and oxygen atoms in total. The number of rotatable bonds is 8. The molecule has 2 heterocycles. The quantitative estimate of drug-likeness (QED) is 0.203. The second-order valence-electron chi connectivity index (χ2n) is 9.50. The number of pyridine rings is 1. The van der Waals surface area contributed by atoms with Crippen LogP contribution in [0.3, 0.4) is 0 Å². The van der Waals surface area contributed by atoms with Gasteiger partial charge in [-0.2, -0.15) is 0 Å². The van der Waals surface area contributed by atoms with E-state index in [0.29, 0.717) is 17.2 Å². The highest BCUT2D eigenvalue weighted by molar-refractivity contribution is 7.91. The van der Waals surface area contributed by atoms with Crippen LogP contribution in [-0.2, 0) is 9.84 Å². The molecule has 6 aromatic rings. The fourth-order valence-corrected chi connectivity index (χ4v) is 5.59. The predicted molar refractivity (Wildman–Crippen MR) is 162 cm³/mol. The number of para-hydroxylation sites is 1. The van der Waals surface area contributed by atoms with Gasteiger partial charge in [-0.3, -0.25) is 4.98 Å². The summed E-state index contributed by atoms with van der Waals surface area (Å²) in [5.74, 6) is 1.05. The summed E-state index contributed by atoms with van der Waals surface area (Å²) in [4.78, 5) is 9.18. The van der Waals surface area contributed by atoms with E-state index in [9.17, 15) is 8.42 Å². The number of methoxy groups -OCH3 is 1. The minimum Gasteiger partial charge on any atom is -0.495 e. The van der Waals surface area contributed by atoms with Gasteiger partial charge < -0.3 is 14.5 Å². The largest absolute Gasteiger partial charge is 0.495 e. The van der Waals surface area contributed by atoms with Gasteiger partial charge in [0.05, 0.1) is 35.2 Å². The number of nitrogens with zero attached hydrogens (tertiary/aromatic N) is 2. The molecule has 0 radical (unpaired) electrons. The summed E-state index contributed by atoms with van der Waals surface area (Å²) in [6.07, 6.45) is 3.54. The van der Waals surface area contributed by atoms with E-state index in [4.69, 9.17) is 9.15 Å². The molecule has 0 amide bonds. The molecule has 0 saturated heterocycles. The fraction of sp³-hybridized carbons (Fsp3) is 0.0909. The summed E-state index contributed by atoms with van der Waals surface area (Å²) in [6.45, 7) is 1.61. The molecule has 2 aromatic heterocycles. The molecule has 0 aliphatic rings. The van der Waals surface area contributed by atoms with Gasteiger partial charge in [-0.1, -0.05) is 61.5 Å². The van der Waals surface area contributed by atoms with E-state index in [1.54, 1.807) is 19.2 Å². The number of sulfone groups is 1. The average molecular weight is 562 g/mol. The predicted octanol–water partition coefficient (Wildman–Crippen LogP) is 7.77. The van der Waals surface area contributed by atoms with Gasteiger partial charge in [-0.25, -0.2) is 13.4 Å². The molecule has 0 fully saturated rings. The Morgan fingerprint density at radius 2 is 1.46 bits per heavy atom. The van der Waals surface area contributed by atoms with E-state index >= 15 is 0 Å². The molecule has 8 heteroatoms. The smallest absolute Gasteiger partial charge is 0.299 e. The Hall–Kier alpha value is -4.95. The van der Waals surface area contributed by atoms with E-state index in [2.05, 4.69) is 57.7 Å². The molecule has 0 aliphatic carbocycles. The van der Waals surface area contributed by atoms with E-state index in [-0.39, 0.29) is 16.7 Å². The van der Waals surface area contributed by atoms with Crippen LogP contribution in [0, 0.1) is 0 Å². The SMILES string of the molecule is CCS(=O)(=O)c1ccc(OC)c(Nc2ncc(-c3cccc(-c4cccc(-c5cnc6ccccc6c5)c4)c3)o2)c1. The highest BCUT2D eigenvalue weighted by atomic mass is 32.2. The maximum Gasteiger partial charge on any atom is 0.299 e. The molecule has 0 saturated carbocycles. The Bertz CT molecular complexity index is 1980. The third kappa shape index (κ3) is 5.42. The van der Waals surface area contributed by atoms with E-state index in [0.717, 1.165) is 38.7 Å². The number of aromatic nitrogens is 2. The second kappa shape index (κ2) is 10.9. The molecule has 6 rings (SSSR count). The first-order valence-corrected chi connectivity index (χ1v) is 14.8. The van der Waals surface area contributed by atoms with Crippen molar-refractivity contribution in [3.05, 3.63) is 109 Å². The Balaban J connectivity index is 1.27. The number of ether oxygens (including phenoxy) is 1. The van der Waals surface area contributed by atoms with Gasteiger partial charge in [0.25, 0.3) is 6.01 Å². The molecule has 4 aromatic carbocycles. The van der Waals surface area contributed by atoms with Gasteiger partial charge in [0, 0.05) is 22.7 Å². The Morgan fingerprint density at radius 1 is 0.756 bits per heavy atom. The van der Waals surface area contributed by atoms with Gasteiger partial charge in [-0.15, -0.1) is 0 Å². The van der Waals surface area contributed by atoms with Crippen molar-refractivity contribution >= 4 is 32.4 Å². The van der Waals surface area contributed by atoms with Crippen molar-refractivity contribution in [3.8, 4) is 39.3 Å². The third-order valence-electron chi connectivity index (χ3n) is 6.92. The highest BCUT2D eigenvalue weighted by Gasteiger charge is 2.16. The van der Waals surface area contributed by atoms with Crippen LogP contribution < -0.4 is 10.1 Å². The number of anilines is 2. The van der Waals surface area contributed by atoms with Crippen molar-refractivity contribution in [2.75, 3.05) is 18.2 Å². The molecule has 1 N–H and O–H groups in total. The number of benzene rings is 4. The first-order valence-electron chi connectivity index (χ1n) is 13.1. The lowest BCUT2D eigenvalue weighted by atomic mass is 9.98. The first-order chi connectivity index (χ1) is 19.9. The molecule has 0 bridgehead atoms. The zero-order valence-electron chi connectivity index (χ0n) is 22.5. The van der Waals surface area contributed by atoms with Crippen LogP contribution >= 0.6 is 0 Å². The number of hydrogen-bond acceptors (Lipinski definition) is 7. The summed E-state index contributed by atoms with van der Waals surface area (Å²) >= 11 is 0. The number of fused-ring (bicyclic) bond motifs is 1. The normalized spacial score (nSPS) is 11.5. The molecular formula is C33H27N3O4S. The van der Waals surface area contributed by atoms with Crippen LogP contribution in [0.2, 0.25) is 0 Å². The van der Waals surface area contributed by atoms with Gasteiger partial charge in [0.2, 0.25) is 0 Å². The van der Waals surface area contributed by atoms with Crippen molar-refractivity contribution in [1.82, 2.24) is 9.97 Å². The molecule has 0 atom stereocenters. The maximum atomic E-state index is 12.4. The van der Waals surface area contributed by atoms with Crippen molar-refractivity contribution in [3.63, 3.8) is 0 Å². The Labute approximate surface area is 238 Å². The zero-order chi connectivity index (χ0) is 28.4. The molecule has 0 aliphatic heterocycles. The van der Waals surface area contributed by atoms with Crippen LogP contribution in [0.4, 0.5) is 11.7 Å². The average Bonchev–Trinajstić information content (AvgIpc) is 3.49. The van der Waals surface area contributed by atoms with Crippen LogP contribution in [0.5, 0.6) is 5.75 Å².